The van der Waals surface area contributed by atoms with Crippen LogP contribution >= 0.6 is 11.3 Å². The van der Waals surface area contributed by atoms with Gasteiger partial charge in [0.05, 0.1) is 7.11 Å². The van der Waals surface area contributed by atoms with Gasteiger partial charge in [-0.15, -0.1) is 11.3 Å². The summed E-state index contributed by atoms with van der Waals surface area (Å²) < 4.78 is 11.3. The Bertz CT molecular complexity index is 1460. The molecule has 38 heavy (non-hydrogen) atoms. The van der Waals surface area contributed by atoms with Gasteiger partial charge < -0.3 is 14.1 Å². The molecule has 5 nitrogen and oxygen atoms in total. The fourth-order valence-corrected chi connectivity index (χ4v) is 7.14. The van der Waals surface area contributed by atoms with Gasteiger partial charge in [0.15, 0.2) is 5.58 Å². The van der Waals surface area contributed by atoms with Gasteiger partial charge in [-0.05, 0) is 73.1 Å². The predicted molar refractivity (Wildman–Crippen MR) is 154 cm³/mol. The van der Waals surface area contributed by atoms with Gasteiger partial charge >= 0.3 is 5.97 Å². The molecule has 4 aromatic rings. The molecule has 0 bridgehead atoms. The highest BCUT2D eigenvalue weighted by molar-refractivity contribution is 7.17. The molecular weight excluding hydrogens is 492 g/mol. The van der Waals surface area contributed by atoms with Crippen LogP contribution < -0.4 is 0 Å². The molecule has 0 radical (unpaired) electrons. The number of ether oxygens (including phenoxy) is 1. The third-order valence-corrected chi connectivity index (χ3v) is 9.41. The number of fused-ring (bicyclic) bond motifs is 1. The molecule has 6 rings (SSSR count). The number of rotatable bonds is 5. The van der Waals surface area contributed by atoms with Crippen molar-refractivity contribution in [3.05, 3.63) is 70.7 Å². The Morgan fingerprint density at radius 1 is 1.08 bits per heavy atom. The number of likely N-dealkylation sites (N-methyl/N-ethyl adjacent to an activating group) is 1. The van der Waals surface area contributed by atoms with E-state index in [1.807, 2.05) is 18.2 Å². The quantitative estimate of drug-likeness (QED) is 0.247. The second-order valence-electron chi connectivity index (χ2n) is 10.9. The van der Waals surface area contributed by atoms with Crippen LogP contribution in [-0.4, -0.2) is 43.1 Å². The lowest BCUT2D eigenvalue weighted by Gasteiger charge is -2.35. The minimum Gasteiger partial charge on any atom is -0.465 e. The van der Waals surface area contributed by atoms with E-state index in [2.05, 4.69) is 54.2 Å². The fourth-order valence-electron chi connectivity index (χ4n) is 6.03. The minimum atomic E-state index is -0.245. The van der Waals surface area contributed by atoms with Crippen LogP contribution in [0, 0.1) is 11.8 Å². The van der Waals surface area contributed by atoms with Crippen LogP contribution in [-0.2, 0) is 4.74 Å². The summed E-state index contributed by atoms with van der Waals surface area (Å²) in [6.07, 6.45) is 7.82. The van der Waals surface area contributed by atoms with Gasteiger partial charge in [0.2, 0.25) is 0 Å². The molecule has 1 aliphatic carbocycles. The number of pyridine rings is 1. The molecule has 1 saturated carbocycles. The Morgan fingerprint density at radius 3 is 2.58 bits per heavy atom. The molecular formula is C32H34N2O3S. The van der Waals surface area contributed by atoms with Crippen molar-refractivity contribution in [3.63, 3.8) is 0 Å². The van der Waals surface area contributed by atoms with E-state index in [1.54, 1.807) is 6.20 Å². The zero-order chi connectivity index (χ0) is 26.2. The van der Waals surface area contributed by atoms with Gasteiger partial charge in [0.25, 0.3) is 0 Å². The second kappa shape index (κ2) is 10.5. The van der Waals surface area contributed by atoms with Gasteiger partial charge in [-0.25, -0.2) is 4.79 Å². The minimum absolute atomic E-state index is 0.245. The Hall–Kier alpha value is -3.22. The van der Waals surface area contributed by atoms with Gasteiger partial charge in [-0.2, -0.15) is 0 Å². The first-order chi connectivity index (χ1) is 18.5. The molecule has 2 aliphatic rings. The summed E-state index contributed by atoms with van der Waals surface area (Å²) in [4.78, 5) is 21.6. The lowest BCUT2D eigenvalue weighted by molar-refractivity contribution is 0.0606. The molecule has 0 amide bonds. The normalized spacial score (nSPS) is 20.7. The Kier molecular flexibility index (Phi) is 6.93. The molecule has 0 spiro atoms. The van der Waals surface area contributed by atoms with E-state index < -0.39 is 0 Å². The maximum Gasteiger partial charge on any atom is 0.348 e. The predicted octanol–water partition coefficient (Wildman–Crippen LogP) is 7.93. The van der Waals surface area contributed by atoms with E-state index in [1.165, 1.54) is 55.3 Å². The number of esters is 1. The van der Waals surface area contributed by atoms with Gasteiger partial charge in [0, 0.05) is 41.4 Å². The molecule has 6 heteroatoms. The standard InChI is InChI=1S/C32H34N2O3S/c1-20-6-8-21(9-7-20)26-19-34(2)16-14-24(26)25-17-30(38-31(25)32(35)36-3)23-12-10-22(11-13-23)29-18-27-28(37-29)5-4-15-33-27/h4-5,10-13,15,17-18,20-21H,6-9,14,16,19H2,1-3H3. The SMILES string of the molecule is COC(=O)c1sc(-c2ccc(-c3cc4ncccc4o3)cc2)cc1C1=C(C2CCC(C)CC2)CN(C)CC1. The van der Waals surface area contributed by atoms with E-state index in [-0.39, 0.29) is 5.97 Å². The van der Waals surface area contributed by atoms with Crippen molar-refractivity contribution < 1.29 is 13.9 Å². The van der Waals surface area contributed by atoms with E-state index in [4.69, 9.17) is 9.15 Å². The molecule has 0 unspecified atom stereocenters. The molecule has 3 aromatic heterocycles. The van der Waals surface area contributed by atoms with Gasteiger partial charge in [-0.3, -0.25) is 4.98 Å². The van der Waals surface area contributed by atoms with Crippen molar-refractivity contribution in [1.82, 2.24) is 9.88 Å². The molecule has 4 heterocycles. The molecule has 0 saturated heterocycles. The maximum atomic E-state index is 13.0. The first-order valence-corrected chi connectivity index (χ1v) is 14.4. The van der Waals surface area contributed by atoms with Crippen molar-refractivity contribution in [2.24, 2.45) is 11.8 Å². The lowest BCUT2D eigenvalue weighted by atomic mass is 9.75. The largest absolute Gasteiger partial charge is 0.465 e. The van der Waals surface area contributed by atoms with Crippen LogP contribution in [0.3, 0.4) is 0 Å². The van der Waals surface area contributed by atoms with Crippen molar-refractivity contribution in [3.8, 4) is 21.8 Å². The number of hydrogen-bond acceptors (Lipinski definition) is 6. The average molecular weight is 527 g/mol. The molecule has 1 aliphatic heterocycles. The first-order valence-electron chi connectivity index (χ1n) is 13.6. The monoisotopic (exact) mass is 526 g/mol. The van der Waals surface area contributed by atoms with E-state index >= 15 is 0 Å². The number of methoxy groups -OCH3 is 1. The first kappa shape index (κ1) is 25.1. The van der Waals surface area contributed by atoms with Crippen LogP contribution in [0.15, 0.2) is 64.7 Å². The summed E-state index contributed by atoms with van der Waals surface area (Å²) in [5, 5.41) is 0. The van der Waals surface area contributed by atoms with Gasteiger partial charge in [0.1, 0.15) is 16.2 Å². The molecule has 0 N–H and O–H groups in total. The number of hydrogen-bond donors (Lipinski definition) is 0. The topological polar surface area (TPSA) is 55.6 Å². The summed E-state index contributed by atoms with van der Waals surface area (Å²) in [5.41, 5.74) is 7.71. The van der Waals surface area contributed by atoms with Crippen LogP contribution in [0.4, 0.5) is 0 Å². The Labute approximate surface area is 228 Å². The third kappa shape index (κ3) is 4.83. The Morgan fingerprint density at radius 2 is 1.84 bits per heavy atom. The summed E-state index contributed by atoms with van der Waals surface area (Å²) in [6.45, 7) is 4.37. The summed E-state index contributed by atoms with van der Waals surface area (Å²) in [6, 6.07) is 16.4. The zero-order valence-corrected chi connectivity index (χ0v) is 23.1. The Balaban J connectivity index is 1.37. The van der Waals surface area contributed by atoms with E-state index in [0.717, 1.165) is 68.7 Å². The highest BCUT2D eigenvalue weighted by Crippen LogP contribution is 2.44. The fraction of sp³-hybridized carbons (Fsp3) is 0.375. The van der Waals surface area contributed by atoms with Crippen molar-refractivity contribution in [1.29, 1.82) is 0 Å². The molecule has 1 aromatic carbocycles. The number of thiophene rings is 1. The number of carbonyl (C=O) groups is 1. The number of carbonyl (C=O) groups excluding carboxylic acids is 1. The van der Waals surface area contributed by atoms with Crippen molar-refractivity contribution >= 4 is 34.0 Å². The molecule has 196 valence electrons. The number of furan rings is 1. The smallest absolute Gasteiger partial charge is 0.348 e. The van der Waals surface area contributed by atoms with E-state index in [9.17, 15) is 4.79 Å². The van der Waals surface area contributed by atoms with E-state index in [0.29, 0.717) is 5.92 Å². The summed E-state index contributed by atoms with van der Waals surface area (Å²) in [5.74, 6) is 1.98. The van der Waals surface area contributed by atoms with Crippen LogP contribution in [0.2, 0.25) is 0 Å². The van der Waals surface area contributed by atoms with Gasteiger partial charge in [-0.1, -0.05) is 44.0 Å². The van der Waals surface area contributed by atoms with Crippen LogP contribution in [0.5, 0.6) is 0 Å². The summed E-state index contributed by atoms with van der Waals surface area (Å²) in [7, 11) is 3.69. The van der Waals surface area contributed by atoms with Crippen LogP contribution in [0.1, 0.15) is 54.3 Å². The third-order valence-electron chi connectivity index (χ3n) is 8.25. The highest BCUT2D eigenvalue weighted by atomic mass is 32.1. The number of benzene rings is 1. The second-order valence-corrected chi connectivity index (χ2v) is 11.9. The molecule has 1 fully saturated rings. The average Bonchev–Trinajstić information content (AvgIpc) is 3.58. The lowest BCUT2D eigenvalue weighted by Crippen LogP contribution is -2.31. The molecule has 0 atom stereocenters. The maximum absolute atomic E-state index is 13.0. The van der Waals surface area contributed by atoms with Crippen molar-refractivity contribution in [2.45, 2.75) is 39.0 Å². The summed E-state index contributed by atoms with van der Waals surface area (Å²) >= 11 is 1.54. The number of aromatic nitrogens is 1. The van der Waals surface area contributed by atoms with Crippen LogP contribution in [0.25, 0.3) is 38.4 Å². The van der Waals surface area contributed by atoms with Crippen molar-refractivity contribution in [2.75, 3.05) is 27.2 Å². The zero-order valence-electron chi connectivity index (χ0n) is 22.3. The number of nitrogens with zero attached hydrogens (tertiary/aromatic N) is 2. The highest BCUT2D eigenvalue weighted by Gasteiger charge is 2.30.